The number of sulfonamides is 1. The van der Waals surface area contributed by atoms with Gasteiger partial charge in [0.25, 0.3) is 5.92 Å². The predicted octanol–water partition coefficient (Wildman–Crippen LogP) is 1.51. The van der Waals surface area contributed by atoms with Gasteiger partial charge in [0.15, 0.2) is 0 Å². The largest absolute Gasteiger partial charge is 0.354 e. The Morgan fingerprint density at radius 2 is 1.92 bits per heavy atom. The molecule has 1 aliphatic carbocycles. The summed E-state index contributed by atoms with van der Waals surface area (Å²) in [5, 5.41) is -0.362. The lowest BCUT2D eigenvalue weighted by Gasteiger charge is -2.45. The molecule has 0 N–H and O–H groups in total. The normalized spacial score (nSPS) is 30.8. The van der Waals surface area contributed by atoms with E-state index in [-0.39, 0.29) is 31.3 Å². The molecule has 0 unspecified atom stereocenters. The Kier molecular flexibility index (Phi) is 3.58. The molecule has 9 heteroatoms. The van der Waals surface area contributed by atoms with Gasteiger partial charge in [-0.15, -0.1) is 0 Å². The molecule has 0 aromatic carbocycles. The SMILES string of the molecule is O=S(=O)(C1CC1)N1CCC(F)(F)[C@@]2(CCN(c3cnccn3)C2)C1. The van der Waals surface area contributed by atoms with Crippen molar-refractivity contribution < 1.29 is 17.2 Å². The van der Waals surface area contributed by atoms with Gasteiger partial charge in [-0.25, -0.2) is 26.5 Å². The molecular weight excluding hydrogens is 338 g/mol. The number of aromatic nitrogens is 2. The van der Waals surface area contributed by atoms with E-state index in [1.165, 1.54) is 16.7 Å². The van der Waals surface area contributed by atoms with Crippen LogP contribution in [0.15, 0.2) is 18.6 Å². The topological polar surface area (TPSA) is 66.4 Å². The van der Waals surface area contributed by atoms with Gasteiger partial charge in [-0.05, 0) is 19.3 Å². The first-order valence-corrected chi connectivity index (χ1v) is 9.72. The molecule has 1 atom stereocenters. The van der Waals surface area contributed by atoms with E-state index in [1.54, 1.807) is 11.1 Å². The van der Waals surface area contributed by atoms with Crippen molar-refractivity contribution in [3.63, 3.8) is 0 Å². The number of halogens is 2. The Morgan fingerprint density at radius 1 is 1.12 bits per heavy atom. The van der Waals surface area contributed by atoms with E-state index in [4.69, 9.17) is 0 Å². The first kappa shape index (κ1) is 16.1. The van der Waals surface area contributed by atoms with E-state index in [0.29, 0.717) is 25.2 Å². The third kappa shape index (κ3) is 2.48. The molecule has 3 aliphatic rings. The summed E-state index contributed by atoms with van der Waals surface area (Å²) < 4.78 is 55.8. The lowest BCUT2D eigenvalue weighted by molar-refractivity contribution is -0.145. The summed E-state index contributed by atoms with van der Waals surface area (Å²) in [4.78, 5) is 9.95. The van der Waals surface area contributed by atoms with Crippen LogP contribution in [0, 0.1) is 5.41 Å². The summed E-state index contributed by atoms with van der Waals surface area (Å²) in [6.45, 7) is 0.356. The quantitative estimate of drug-likeness (QED) is 0.819. The van der Waals surface area contributed by atoms with Crippen LogP contribution in [-0.2, 0) is 10.0 Å². The number of hydrogen-bond donors (Lipinski definition) is 0. The van der Waals surface area contributed by atoms with E-state index < -0.39 is 27.8 Å². The maximum atomic E-state index is 14.7. The van der Waals surface area contributed by atoms with Gasteiger partial charge in [-0.3, -0.25) is 4.98 Å². The van der Waals surface area contributed by atoms with Crippen molar-refractivity contribution in [2.24, 2.45) is 5.41 Å². The molecule has 0 bridgehead atoms. The Hall–Kier alpha value is -1.35. The van der Waals surface area contributed by atoms with E-state index in [2.05, 4.69) is 9.97 Å². The van der Waals surface area contributed by atoms with Crippen molar-refractivity contribution in [1.29, 1.82) is 0 Å². The highest BCUT2D eigenvalue weighted by molar-refractivity contribution is 7.90. The summed E-state index contributed by atoms with van der Waals surface area (Å²) in [7, 11) is -3.43. The van der Waals surface area contributed by atoms with Crippen molar-refractivity contribution >= 4 is 15.8 Å². The number of nitrogens with zero attached hydrogens (tertiary/aromatic N) is 4. The summed E-state index contributed by atoms with van der Waals surface area (Å²) >= 11 is 0. The number of piperidine rings is 1. The molecule has 0 amide bonds. The zero-order valence-corrected chi connectivity index (χ0v) is 14.1. The summed E-state index contributed by atoms with van der Waals surface area (Å²) in [5.74, 6) is -2.31. The molecule has 2 aliphatic heterocycles. The molecule has 1 aromatic heterocycles. The van der Waals surface area contributed by atoms with E-state index in [0.717, 1.165) is 0 Å². The fourth-order valence-electron chi connectivity index (χ4n) is 3.81. The molecule has 0 radical (unpaired) electrons. The van der Waals surface area contributed by atoms with Gasteiger partial charge in [-0.1, -0.05) is 0 Å². The standard InChI is InChI=1S/C15H20F2N4O2S/c16-15(17)4-8-21(24(22,23)12-1-2-12)11-14(15)3-7-20(10-14)13-9-18-5-6-19-13/h5-6,9,12H,1-4,7-8,10-11H2/t14-/m1/s1. The van der Waals surface area contributed by atoms with Crippen LogP contribution in [0.2, 0.25) is 0 Å². The average Bonchev–Trinajstić information content (AvgIpc) is 3.33. The zero-order valence-electron chi connectivity index (χ0n) is 13.2. The lowest BCUT2D eigenvalue weighted by Crippen LogP contribution is -2.58. The third-order valence-corrected chi connectivity index (χ3v) is 7.81. The molecule has 1 aromatic rings. The monoisotopic (exact) mass is 358 g/mol. The molecule has 24 heavy (non-hydrogen) atoms. The second kappa shape index (κ2) is 5.32. The second-order valence-electron chi connectivity index (χ2n) is 7.05. The molecule has 1 spiro atoms. The molecule has 3 fully saturated rings. The van der Waals surface area contributed by atoms with Crippen LogP contribution in [0.25, 0.3) is 0 Å². The highest BCUT2D eigenvalue weighted by Crippen LogP contribution is 2.51. The number of hydrogen-bond acceptors (Lipinski definition) is 5. The summed E-state index contributed by atoms with van der Waals surface area (Å²) in [5.41, 5.74) is -1.34. The Bertz CT molecular complexity index is 726. The Balaban J connectivity index is 1.60. The van der Waals surface area contributed by atoms with E-state index in [1.807, 2.05) is 0 Å². The molecule has 3 heterocycles. The van der Waals surface area contributed by atoms with Crippen molar-refractivity contribution in [3.05, 3.63) is 18.6 Å². The minimum absolute atomic E-state index is 0.0846. The molecule has 2 saturated heterocycles. The summed E-state index contributed by atoms with van der Waals surface area (Å²) in [6, 6.07) is 0. The van der Waals surface area contributed by atoms with Crippen molar-refractivity contribution in [2.75, 3.05) is 31.1 Å². The van der Waals surface area contributed by atoms with Gasteiger partial charge in [-0.2, -0.15) is 0 Å². The van der Waals surface area contributed by atoms with Crippen LogP contribution < -0.4 is 4.90 Å². The van der Waals surface area contributed by atoms with E-state index >= 15 is 0 Å². The lowest BCUT2D eigenvalue weighted by atomic mass is 9.76. The van der Waals surface area contributed by atoms with Gasteiger partial charge in [0.1, 0.15) is 5.82 Å². The third-order valence-electron chi connectivity index (χ3n) is 5.46. The molecule has 1 saturated carbocycles. The van der Waals surface area contributed by atoms with Crippen LogP contribution in [0.3, 0.4) is 0 Å². The van der Waals surface area contributed by atoms with Gasteiger partial charge in [0.2, 0.25) is 10.0 Å². The van der Waals surface area contributed by atoms with Crippen molar-refractivity contribution in [2.45, 2.75) is 36.9 Å². The predicted molar refractivity (Wildman–Crippen MR) is 84.4 cm³/mol. The highest BCUT2D eigenvalue weighted by Gasteiger charge is 2.61. The number of anilines is 1. The van der Waals surface area contributed by atoms with Gasteiger partial charge in [0, 0.05) is 45.0 Å². The van der Waals surface area contributed by atoms with Crippen LogP contribution in [0.5, 0.6) is 0 Å². The van der Waals surface area contributed by atoms with E-state index in [9.17, 15) is 17.2 Å². The van der Waals surface area contributed by atoms with Crippen LogP contribution in [0.1, 0.15) is 25.7 Å². The first-order chi connectivity index (χ1) is 11.3. The minimum Gasteiger partial charge on any atom is -0.354 e. The average molecular weight is 358 g/mol. The molecule has 4 rings (SSSR count). The molecule has 6 nitrogen and oxygen atoms in total. The fourth-order valence-corrected chi connectivity index (χ4v) is 5.73. The maximum absolute atomic E-state index is 14.7. The number of rotatable bonds is 3. The van der Waals surface area contributed by atoms with Gasteiger partial charge >= 0.3 is 0 Å². The molecular formula is C15H20F2N4O2S. The molecule has 132 valence electrons. The maximum Gasteiger partial charge on any atom is 0.257 e. The summed E-state index contributed by atoms with van der Waals surface area (Å²) in [6.07, 6.45) is 5.76. The van der Waals surface area contributed by atoms with Crippen molar-refractivity contribution in [1.82, 2.24) is 14.3 Å². The zero-order chi connectivity index (χ0) is 17.0. The van der Waals surface area contributed by atoms with Crippen molar-refractivity contribution in [3.8, 4) is 0 Å². The van der Waals surface area contributed by atoms with Gasteiger partial charge < -0.3 is 4.90 Å². The van der Waals surface area contributed by atoms with Gasteiger partial charge in [0.05, 0.1) is 16.9 Å². The van der Waals surface area contributed by atoms with Crippen LogP contribution in [0.4, 0.5) is 14.6 Å². The Labute approximate surface area is 139 Å². The fraction of sp³-hybridized carbons (Fsp3) is 0.733. The van der Waals surface area contributed by atoms with Crippen LogP contribution >= 0.6 is 0 Å². The Morgan fingerprint density at radius 3 is 2.58 bits per heavy atom. The number of alkyl halides is 2. The van der Waals surface area contributed by atoms with Crippen LogP contribution in [-0.4, -0.2) is 60.0 Å². The second-order valence-corrected chi connectivity index (χ2v) is 9.26. The minimum atomic E-state index is -3.43. The highest BCUT2D eigenvalue weighted by atomic mass is 32.2. The first-order valence-electron chi connectivity index (χ1n) is 8.22. The smallest absolute Gasteiger partial charge is 0.257 e.